The fourth-order valence-corrected chi connectivity index (χ4v) is 1.19. The molecule has 0 aliphatic carbocycles. The summed E-state index contributed by atoms with van der Waals surface area (Å²) in [5.74, 6) is -0.891. The number of carbonyl (C=O) groups is 1. The van der Waals surface area contributed by atoms with E-state index in [4.69, 9.17) is 5.11 Å². The van der Waals surface area contributed by atoms with Crippen molar-refractivity contribution in [1.29, 1.82) is 0 Å². The number of carboxylic acid groups (broad SMARTS) is 1. The molecule has 1 aromatic carbocycles. The molecule has 3 nitrogen and oxygen atoms in total. The van der Waals surface area contributed by atoms with E-state index < -0.39 is 5.97 Å². The molecule has 0 radical (unpaired) electrons. The normalized spacial score (nSPS) is 8.50. The highest BCUT2D eigenvalue weighted by atomic mass is 16.4. The Morgan fingerprint density at radius 2 is 1.75 bits per heavy atom. The predicted octanol–water partition coefficient (Wildman–Crippen LogP) is 3.92. The van der Waals surface area contributed by atoms with E-state index in [1.54, 1.807) is 24.4 Å². The third kappa shape index (κ3) is 3.42. The van der Waals surface area contributed by atoms with Crippen molar-refractivity contribution >= 4 is 16.9 Å². The first-order chi connectivity index (χ1) is 7.77. The molecule has 2 aromatic rings. The van der Waals surface area contributed by atoms with Gasteiger partial charge in [-0.1, -0.05) is 27.7 Å². The van der Waals surface area contributed by atoms with Crippen LogP contribution in [0, 0.1) is 0 Å². The lowest BCUT2D eigenvalue weighted by Crippen LogP contribution is -1.94. The van der Waals surface area contributed by atoms with Gasteiger partial charge in [-0.15, -0.1) is 0 Å². The minimum Gasteiger partial charge on any atom is -0.478 e. The van der Waals surface area contributed by atoms with Crippen molar-refractivity contribution in [2.24, 2.45) is 0 Å². The number of nitrogens with one attached hydrogen (secondary N) is 1. The third-order valence-corrected chi connectivity index (χ3v) is 1.80. The lowest BCUT2D eigenvalue weighted by Gasteiger charge is -1.93. The van der Waals surface area contributed by atoms with Gasteiger partial charge in [-0.3, -0.25) is 0 Å². The molecule has 0 atom stereocenters. The summed E-state index contributed by atoms with van der Waals surface area (Å²) < 4.78 is 0. The molecule has 2 rings (SSSR count). The molecule has 0 spiro atoms. The Labute approximate surface area is 96.1 Å². The molecule has 0 amide bonds. The van der Waals surface area contributed by atoms with Crippen LogP contribution in [0.3, 0.4) is 0 Å². The number of rotatable bonds is 1. The van der Waals surface area contributed by atoms with Gasteiger partial charge in [0, 0.05) is 17.1 Å². The van der Waals surface area contributed by atoms with Gasteiger partial charge in [-0.25, -0.2) is 4.79 Å². The van der Waals surface area contributed by atoms with E-state index in [0.717, 1.165) is 10.9 Å². The number of aromatic amines is 1. The number of aromatic carboxylic acids is 1. The van der Waals surface area contributed by atoms with Crippen LogP contribution in [0.25, 0.3) is 10.9 Å². The van der Waals surface area contributed by atoms with Crippen LogP contribution < -0.4 is 0 Å². The Morgan fingerprint density at radius 3 is 2.31 bits per heavy atom. The van der Waals surface area contributed by atoms with Crippen molar-refractivity contribution in [2.45, 2.75) is 27.7 Å². The van der Waals surface area contributed by atoms with Crippen molar-refractivity contribution in [3.63, 3.8) is 0 Å². The number of fused-ring (bicyclic) bond motifs is 1. The van der Waals surface area contributed by atoms with Gasteiger partial charge < -0.3 is 10.1 Å². The summed E-state index contributed by atoms with van der Waals surface area (Å²) in [7, 11) is 0. The number of hydrogen-bond acceptors (Lipinski definition) is 1. The zero-order chi connectivity index (χ0) is 12.6. The van der Waals surface area contributed by atoms with Crippen LogP contribution >= 0.6 is 0 Å². The Bertz CT molecular complexity index is 432. The van der Waals surface area contributed by atoms with Crippen LogP contribution in [0.4, 0.5) is 0 Å². The maximum atomic E-state index is 10.6. The summed E-state index contributed by atoms with van der Waals surface area (Å²) in [4.78, 5) is 13.5. The van der Waals surface area contributed by atoms with Gasteiger partial charge in [0.1, 0.15) is 0 Å². The fraction of sp³-hybridized carbons (Fsp3) is 0.308. The van der Waals surface area contributed by atoms with Gasteiger partial charge in [-0.05, 0) is 24.3 Å². The highest BCUT2D eigenvalue weighted by molar-refractivity contribution is 5.93. The molecular weight excluding hydrogens is 202 g/mol. The van der Waals surface area contributed by atoms with E-state index in [1.165, 1.54) is 0 Å². The summed E-state index contributed by atoms with van der Waals surface area (Å²) in [6, 6.07) is 6.84. The average Bonchev–Trinajstić information content (AvgIpc) is 2.81. The Hall–Kier alpha value is -1.77. The van der Waals surface area contributed by atoms with Crippen molar-refractivity contribution in [1.82, 2.24) is 4.98 Å². The second-order valence-corrected chi connectivity index (χ2v) is 2.58. The van der Waals surface area contributed by atoms with Gasteiger partial charge in [0.05, 0.1) is 5.56 Å². The second-order valence-electron chi connectivity index (χ2n) is 2.58. The zero-order valence-electron chi connectivity index (χ0n) is 10.2. The minimum atomic E-state index is -0.891. The van der Waals surface area contributed by atoms with Gasteiger partial charge in [0.2, 0.25) is 0 Å². The number of H-pyrrole nitrogens is 1. The van der Waals surface area contributed by atoms with Crippen molar-refractivity contribution < 1.29 is 9.90 Å². The van der Waals surface area contributed by atoms with E-state index >= 15 is 0 Å². The zero-order valence-corrected chi connectivity index (χ0v) is 10.2. The van der Waals surface area contributed by atoms with Crippen LogP contribution in [0.1, 0.15) is 38.1 Å². The van der Waals surface area contributed by atoms with Gasteiger partial charge >= 0.3 is 5.97 Å². The molecule has 0 saturated carbocycles. The third-order valence-electron chi connectivity index (χ3n) is 1.80. The van der Waals surface area contributed by atoms with E-state index in [9.17, 15) is 4.79 Å². The molecular formula is C13H19NO2. The summed E-state index contributed by atoms with van der Waals surface area (Å²) >= 11 is 0. The minimum absolute atomic E-state index is 0.321. The molecule has 1 heterocycles. The fourth-order valence-electron chi connectivity index (χ4n) is 1.19. The van der Waals surface area contributed by atoms with Crippen LogP contribution in [-0.2, 0) is 0 Å². The summed E-state index contributed by atoms with van der Waals surface area (Å²) in [5, 5.41) is 9.60. The summed E-state index contributed by atoms with van der Waals surface area (Å²) in [6.07, 6.45) is 1.79. The van der Waals surface area contributed by atoms with Crippen molar-refractivity contribution in [2.75, 3.05) is 0 Å². The van der Waals surface area contributed by atoms with Crippen LogP contribution in [0.15, 0.2) is 30.5 Å². The standard InChI is InChI=1S/C9H7NO2.2C2H6/c11-9(12)7-1-2-8-6(5-7)3-4-10-8;2*1-2/h1-5,10H,(H,11,12);2*1-2H3. The second kappa shape index (κ2) is 7.51. The highest BCUT2D eigenvalue weighted by Crippen LogP contribution is 2.13. The van der Waals surface area contributed by atoms with Gasteiger partial charge in [-0.2, -0.15) is 0 Å². The SMILES string of the molecule is CC.CC.O=C(O)c1ccc2[nH]ccc2c1. The molecule has 0 unspecified atom stereocenters. The molecule has 0 bridgehead atoms. The molecule has 2 N–H and O–H groups in total. The van der Waals surface area contributed by atoms with Crippen LogP contribution in [0.2, 0.25) is 0 Å². The van der Waals surface area contributed by atoms with E-state index in [1.807, 2.05) is 33.8 Å². The van der Waals surface area contributed by atoms with Crippen LogP contribution in [0.5, 0.6) is 0 Å². The van der Waals surface area contributed by atoms with Crippen molar-refractivity contribution in [3.8, 4) is 0 Å². The molecule has 16 heavy (non-hydrogen) atoms. The van der Waals surface area contributed by atoms with Gasteiger partial charge in [0.25, 0.3) is 0 Å². The molecule has 1 aromatic heterocycles. The molecule has 0 aliphatic heterocycles. The smallest absolute Gasteiger partial charge is 0.335 e. The van der Waals surface area contributed by atoms with E-state index in [-0.39, 0.29) is 0 Å². The first kappa shape index (κ1) is 14.2. The molecule has 0 saturated heterocycles. The summed E-state index contributed by atoms with van der Waals surface area (Å²) in [5.41, 5.74) is 1.28. The predicted molar refractivity (Wildman–Crippen MR) is 68.0 cm³/mol. The Morgan fingerprint density at radius 1 is 1.12 bits per heavy atom. The molecule has 3 heteroatoms. The number of benzene rings is 1. The molecule has 0 fully saturated rings. The monoisotopic (exact) mass is 221 g/mol. The first-order valence-electron chi connectivity index (χ1n) is 5.58. The largest absolute Gasteiger partial charge is 0.478 e. The number of aromatic nitrogens is 1. The lowest BCUT2D eigenvalue weighted by molar-refractivity contribution is 0.0697. The van der Waals surface area contributed by atoms with Crippen molar-refractivity contribution in [3.05, 3.63) is 36.0 Å². The highest BCUT2D eigenvalue weighted by Gasteiger charge is 2.02. The lowest BCUT2D eigenvalue weighted by atomic mass is 10.1. The average molecular weight is 221 g/mol. The van der Waals surface area contributed by atoms with Gasteiger partial charge in [0.15, 0.2) is 0 Å². The summed E-state index contributed by atoms with van der Waals surface area (Å²) in [6.45, 7) is 8.00. The topological polar surface area (TPSA) is 53.1 Å². The number of carboxylic acids is 1. The van der Waals surface area contributed by atoms with E-state index in [2.05, 4.69) is 4.98 Å². The van der Waals surface area contributed by atoms with E-state index in [0.29, 0.717) is 5.56 Å². The maximum Gasteiger partial charge on any atom is 0.335 e. The first-order valence-corrected chi connectivity index (χ1v) is 5.58. The molecule has 0 aliphatic rings. The quantitative estimate of drug-likeness (QED) is 0.766. The Balaban J connectivity index is 0.000000509. The molecule has 88 valence electrons. The van der Waals surface area contributed by atoms with Crippen LogP contribution in [-0.4, -0.2) is 16.1 Å². The maximum absolute atomic E-state index is 10.6. The number of hydrogen-bond donors (Lipinski definition) is 2. The Kier molecular flexibility index (Phi) is 6.68.